The van der Waals surface area contributed by atoms with E-state index in [9.17, 15) is 13.2 Å². The molecule has 0 saturated heterocycles. The average Bonchev–Trinajstić information content (AvgIpc) is 2.22. The molecule has 0 aliphatic rings. The van der Waals surface area contributed by atoms with Crippen LogP contribution in [-0.2, 0) is 10.0 Å². The van der Waals surface area contributed by atoms with Gasteiger partial charge in [0.25, 0.3) is 0 Å². The van der Waals surface area contributed by atoms with Gasteiger partial charge in [-0.3, -0.25) is 0 Å². The minimum atomic E-state index is -3.81. The molecule has 0 spiro atoms. The Hall–Kier alpha value is -0.350. The zero-order valence-corrected chi connectivity index (χ0v) is 13.5. The maximum Gasteiger partial charge on any atom is 0.320 e. The fourth-order valence-electron chi connectivity index (χ4n) is 1.05. The van der Waals surface area contributed by atoms with Crippen LogP contribution in [0.25, 0.3) is 0 Å². The maximum absolute atomic E-state index is 11.3. The number of nitrogens with two attached hydrogens (primary N) is 1. The third kappa shape index (κ3) is 4.09. The van der Waals surface area contributed by atoms with Crippen molar-refractivity contribution in [1.82, 2.24) is 5.32 Å². The third-order valence-electron chi connectivity index (χ3n) is 1.81. The van der Waals surface area contributed by atoms with E-state index < -0.39 is 16.1 Å². The Morgan fingerprint density at radius 1 is 1.33 bits per heavy atom. The van der Waals surface area contributed by atoms with Crippen LogP contribution in [0.3, 0.4) is 0 Å². The van der Waals surface area contributed by atoms with Crippen molar-refractivity contribution < 1.29 is 13.2 Å². The Balaban J connectivity index is 3.13. The first-order chi connectivity index (χ1) is 8.25. The number of alkyl halides is 1. The Morgan fingerprint density at radius 3 is 2.22 bits per heavy atom. The maximum atomic E-state index is 11.3. The van der Waals surface area contributed by atoms with E-state index in [2.05, 4.69) is 42.5 Å². The smallest absolute Gasteiger partial charge is 0.320 e. The van der Waals surface area contributed by atoms with Crippen LogP contribution in [-0.4, -0.2) is 20.5 Å². The van der Waals surface area contributed by atoms with Gasteiger partial charge in [0.05, 0.1) is 16.6 Å². The predicted octanol–water partition coefficient (Wildman–Crippen LogP) is 2.18. The molecule has 0 fully saturated rings. The quantitative estimate of drug-likeness (QED) is 0.515. The van der Waals surface area contributed by atoms with Crippen LogP contribution >= 0.6 is 43.5 Å². The first-order valence-electron chi connectivity index (χ1n) is 4.38. The average molecular weight is 421 g/mol. The van der Waals surface area contributed by atoms with E-state index in [1.807, 2.05) is 0 Å². The molecule has 4 N–H and O–H groups in total. The Kier molecular flexibility index (Phi) is 5.41. The normalized spacial score (nSPS) is 11.1. The summed E-state index contributed by atoms with van der Waals surface area (Å²) in [4.78, 5) is 11.2. The van der Waals surface area contributed by atoms with E-state index in [-0.39, 0.29) is 10.9 Å². The molecule has 0 saturated carbocycles. The highest BCUT2D eigenvalue weighted by Gasteiger charge is 2.15. The van der Waals surface area contributed by atoms with Gasteiger partial charge < -0.3 is 10.6 Å². The second-order valence-electron chi connectivity index (χ2n) is 3.07. The number of sulfonamides is 1. The number of primary sulfonamides is 1. The lowest BCUT2D eigenvalue weighted by atomic mass is 10.3. The molecule has 0 unspecified atom stereocenters. The van der Waals surface area contributed by atoms with Gasteiger partial charge in [0.2, 0.25) is 10.0 Å². The van der Waals surface area contributed by atoms with Crippen LogP contribution in [0.1, 0.15) is 0 Å². The summed E-state index contributed by atoms with van der Waals surface area (Å²) in [6.07, 6.45) is 0. The van der Waals surface area contributed by atoms with Crippen molar-refractivity contribution in [3.05, 3.63) is 21.1 Å². The first kappa shape index (κ1) is 15.7. The minimum Gasteiger partial charge on any atom is -0.324 e. The number of urea groups is 1. The molecule has 0 heterocycles. The molecule has 0 radical (unpaired) electrons. The standard InChI is InChI=1S/C8H8Br2ClN3O3S/c9-5-1-4(18(12,16)17)2-6(10)7(5)14-8(15)13-3-11/h1-2H,3H2,(H2,12,16,17)(H2,13,14,15). The fraction of sp³-hybridized carbons (Fsp3) is 0.125. The summed E-state index contributed by atoms with van der Waals surface area (Å²) in [5.41, 5.74) is 0.366. The summed E-state index contributed by atoms with van der Waals surface area (Å²) in [6.45, 7) is 0. The fourth-order valence-corrected chi connectivity index (χ4v) is 3.43. The highest BCUT2D eigenvalue weighted by Crippen LogP contribution is 2.33. The lowest BCUT2D eigenvalue weighted by molar-refractivity contribution is 0.253. The van der Waals surface area contributed by atoms with Gasteiger partial charge in [0.15, 0.2) is 0 Å². The van der Waals surface area contributed by atoms with Crippen LogP contribution in [0.4, 0.5) is 10.5 Å². The largest absolute Gasteiger partial charge is 0.324 e. The molecule has 6 nitrogen and oxygen atoms in total. The van der Waals surface area contributed by atoms with Crippen LogP contribution in [0.2, 0.25) is 0 Å². The summed E-state index contributed by atoms with van der Waals surface area (Å²) >= 11 is 11.6. The monoisotopic (exact) mass is 419 g/mol. The molecule has 1 aromatic rings. The topological polar surface area (TPSA) is 101 Å². The van der Waals surface area contributed by atoms with Gasteiger partial charge in [0, 0.05) is 8.95 Å². The molecule has 10 heteroatoms. The molecule has 0 atom stereocenters. The molecule has 0 aliphatic heterocycles. The highest BCUT2D eigenvalue weighted by atomic mass is 79.9. The molecule has 0 aliphatic carbocycles. The van der Waals surface area contributed by atoms with Crippen molar-refractivity contribution in [2.75, 3.05) is 11.3 Å². The number of amides is 2. The summed E-state index contributed by atoms with van der Waals surface area (Å²) in [5, 5.41) is 9.83. The van der Waals surface area contributed by atoms with E-state index in [0.717, 1.165) is 0 Å². The second-order valence-corrected chi connectivity index (χ2v) is 6.61. The minimum absolute atomic E-state index is 0.0453. The molecule has 0 aromatic heterocycles. The molecule has 100 valence electrons. The molecular weight excluding hydrogens is 413 g/mol. The van der Waals surface area contributed by atoms with Crippen molar-refractivity contribution in [2.24, 2.45) is 5.14 Å². The summed E-state index contributed by atoms with van der Waals surface area (Å²) < 4.78 is 23.1. The van der Waals surface area contributed by atoms with Gasteiger partial charge in [-0.1, -0.05) is 0 Å². The van der Waals surface area contributed by atoms with E-state index in [0.29, 0.717) is 14.6 Å². The molecule has 2 amide bonds. The predicted molar refractivity (Wildman–Crippen MR) is 76.1 cm³/mol. The summed E-state index contributed by atoms with van der Waals surface area (Å²) in [7, 11) is -3.81. The number of carbonyl (C=O) groups excluding carboxylic acids is 1. The molecule has 1 rings (SSSR count). The third-order valence-corrected chi connectivity index (χ3v) is 4.09. The lowest BCUT2D eigenvalue weighted by Crippen LogP contribution is -2.27. The van der Waals surface area contributed by atoms with Gasteiger partial charge in [-0.2, -0.15) is 0 Å². The highest BCUT2D eigenvalue weighted by molar-refractivity contribution is 9.11. The molecule has 1 aromatic carbocycles. The van der Waals surface area contributed by atoms with Gasteiger partial charge in [-0.15, -0.1) is 11.6 Å². The molecule has 18 heavy (non-hydrogen) atoms. The van der Waals surface area contributed by atoms with Crippen LogP contribution in [0, 0.1) is 0 Å². The summed E-state index contributed by atoms with van der Waals surface area (Å²) in [6, 6.07) is 2.01. The van der Waals surface area contributed by atoms with Gasteiger partial charge in [-0.25, -0.2) is 18.4 Å². The van der Waals surface area contributed by atoms with Crippen LogP contribution < -0.4 is 15.8 Å². The van der Waals surface area contributed by atoms with Crippen molar-refractivity contribution in [3.63, 3.8) is 0 Å². The van der Waals surface area contributed by atoms with Crippen LogP contribution in [0.15, 0.2) is 26.0 Å². The Bertz CT molecular complexity index is 556. The zero-order valence-electron chi connectivity index (χ0n) is 8.71. The van der Waals surface area contributed by atoms with E-state index in [1.165, 1.54) is 12.1 Å². The van der Waals surface area contributed by atoms with Crippen molar-refractivity contribution in [3.8, 4) is 0 Å². The van der Waals surface area contributed by atoms with Crippen molar-refractivity contribution in [1.29, 1.82) is 0 Å². The SMILES string of the molecule is NS(=O)(=O)c1cc(Br)c(NC(=O)NCCl)c(Br)c1. The second kappa shape index (κ2) is 6.20. The van der Waals surface area contributed by atoms with Gasteiger partial charge >= 0.3 is 6.03 Å². The molecule has 0 bridgehead atoms. The first-order valence-corrected chi connectivity index (χ1v) is 8.05. The number of halogens is 3. The lowest BCUT2D eigenvalue weighted by Gasteiger charge is -2.11. The Morgan fingerprint density at radius 2 is 1.83 bits per heavy atom. The van der Waals surface area contributed by atoms with Crippen molar-refractivity contribution >= 4 is 65.2 Å². The Labute approximate surface area is 126 Å². The number of benzene rings is 1. The van der Waals surface area contributed by atoms with Gasteiger partial charge in [0.1, 0.15) is 0 Å². The van der Waals surface area contributed by atoms with E-state index >= 15 is 0 Å². The number of hydrogen-bond donors (Lipinski definition) is 3. The van der Waals surface area contributed by atoms with E-state index in [1.54, 1.807) is 0 Å². The number of nitrogens with one attached hydrogen (secondary N) is 2. The number of rotatable bonds is 3. The number of hydrogen-bond acceptors (Lipinski definition) is 3. The number of carbonyl (C=O) groups is 1. The van der Waals surface area contributed by atoms with Crippen LogP contribution in [0.5, 0.6) is 0 Å². The summed E-state index contributed by atoms with van der Waals surface area (Å²) in [5.74, 6) is 0. The van der Waals surface area contributed by atoms with Gasteiger partial charge in [-0.05, 0) is 44.0 Å². The molecular formula is C8H8Br2ClN3O3S. The number of anilines is 1. The van der Waals surface area contributed by atoms with Crippen molar-refractivity contribution in [2.45, 2.75) is 4.90 Å². The zero-order chi connectivity index (χ0) is 13.9. The van der Waals surface area contributed by atoms with E-state index in [4.69, 9.17) is 16.7 Å².